The minimum Gasteiger partial charge on any atom is -0.321 e. The Morgan fingerprint density at radius 3 is 2.38 bits per heavy atom. The Balaban J connectivity index is 1.62. The summed E-state index contributed by atoms with van der Waals surface area (Å²) in [5, 5.41) is 19.1. The molecule has 2 aromatic heterocycles. The van der Waals surface area contributed by atoms with Crippen LogP contribution in [-0.2, 0) is 12.0 Å². The molecule has 32 heavy (non-hydrogen) atoms. The normalized spacial score (nSPS) is 12.8. The van der Waals surface area contributed by atoms with Crippen molar-refractivity contribution in [2.24, 2.45) is 5.73 Å². The van der Waals surface area contributed by atoms with Gasteiger partial charge in [0, 0.05) is 11.0 Å². The molecular weight excluding hydrogens is 400 g/mol. The maximum Gasteiger partial charge on any atom is 0.180 e. The second-order valence-electron chi connectivity index (χ2n) is 9.09. The molecule has 8 heteroatoms. The molecule has 0 spiro atoms. The topological polar surface area (TPSA) is 111 Å². The minimum atomic E-state index is -0.133. The smallest absolute Gasteiger partial charge is 0.180 e. The number of nitrogens with zero attached hydrogens (tertiary/aromatic N) is 6. The predicted octanol–water partition coefficient (Wildman–Crippen LogP) is 4.27. The molecule has 1 atom stereocenters. The lowest BCUT2D eigenvalue weighted by molar-refractivity contribution is 0.490. The van der Waals surface area contributed by atoms with Crippen LogP contribution in [0.15, 0.2) is 48.5 Å². The zero-order chi connectivity index (χ0) is 22.7. The number of nitrogens with two attached hydrogens (primary N) is 1. The van der Waals surface area contributed by atoms with Crippen LogP contribution < -0.4 is 5.73 Å². The molecule has 0 saturated carbocycles. The summed E-state index contributed by atoms with van der Waals surface area (Å²) in [6.45, 7) is 9.23. The number of benzene rings is 2. The molecule has 0 radical (unpaired) electrons. The van der Waals surface area contributed by atoms with Gasteiger partial charge in [0.05, 0.1) is 12.6 Å². The van der Waals surface area contributed by atoms with Crippen molar-refractivity contribution in [3.05, 3.63) is 65.7 Å². The highest BCUT2D eigenvalue weighted by Crippen LogP contribution is 2.30. The van der Waals surface area contributed by atoms with E-state index in [1.54, 1.807) is 0 Å². The first-order valence-electron chi connectivity index (χ1n) is 11.0. The van der Waals surface area contributed by atoms with E-state index in [0.717, 1.165) is 46.7 Å². The summed E-state index contributed by atoms with van der Waals surface area (Å²) in [5.74, 6) is 2.33. The van der Waals surface area contributed by atoms with Crippen molar-refractivity contribution in [2.75, 3.05) is 0 Å². The summed E-state index contributed by atoms with van der Waals surface area (Å²) in [4.78, 5) is 4.81. The minimum absolute atomic E-state index is 0.124. The van der Waals surface area contributed by atoms with Crippen molar-refractivity contribution >= 4 is 0 Å². The van der Waals surface area contributed by atoms with Gasteiger partial charge in [-0.2, -0.15) is 5.10 Å². The first-order chi connectivity index (χ1) is 15.4. The quantitative estimate of drug-likeness (QED) is 0.453. The van der Waals surface area contributed by atoms with E-state index in [1.165, 1.54) is 0 Å². The third-order valence-electron chi connectivity index (χ3n) is 5.42. The van der Waals surface area contributed by atoms with Crippen LogP contribution in [0.4, 0.5) is 0 Å². The largest absolute Gasteiger partial charge is 0.321 e. The average molecular weight is 431 g/mol. The van der Waals surface area contributed by atoms with E-state index in [4.69, 9.17) is 15.8 Å². The summed E-state index contributed by atoms with van der Waals surface area (Å²) in [5.41, 5.74) is 10.5. The van der Waals surface area contributed by atoms with E-state index in [2.05, 4.69) is 78.7 Å². The number of aromatic amines is 1. The van der Waals surface area contributed by atoms with Gasteiger partial charge in [-0.25, -0.2) is 14.8 Å². The zero-order valence-corrected chi connectivity index (χ0v) is 19.1. The van der Waals surface area contributed by atoms with Gasteiger partial charge in [0.15, 0.2) is 11.6 Å². The van der Waals surface area contributed by atoms with Gasteiger partial charge >= 0.3 is 0 Å². The lowest BCUT2D eigenvalue weighted by Gasteiger charge is -2.18. The Morgan fingerprint density at radius 2 is 1.75 bits per heavy atom. The van der Waals surface area contributed by atoms with Crippen LogP contribution in [0, 0.1) is 0 Å². The number of tetrazole rings is 1. The molecule has 1 unspecified atom stereocenters. The summed E-state index contributed by atoms with van der Waals surface area (Å²) >= 11 is 0. The van der Waals surface area contributed by atoms with Crippen LogP contribution in [0.1, 0.15) is 63.8 Å². The highest BCUT2D eigenvalue weighted by molar-refractivity contribution is 5.80. The predicted molar refractivity (Wildman–Crippen MR) is 125 cm³/mol. The highest BCUT2D eigenvalue weighted by atomic mass is 15.5. The standard InChI is InChI=1S/C24H30N8/c1-5-8-20(25)22-26-23(24(2,3)4)32(29-22)15-16-11-13-17(14-12-16)18-9-6-7-10-19(18)21-27-30-31-28-21/h6-7,9-14,20H,5,8,15,25H2,1-4H3,(H,27,28,30,31). The summed E-state index contributed by atoms with van der Waals surface area (Å²) < 4.78 is 1.99. The van der Waals surface area contributed by atoms with Gasteiger partial charge in [-0.3, -0.25) is 0 Å². The second-order valence-corrected chi connectivity index (χ2v) is 9.09. The molecule has 0 aliphatic heterocycles. The fourth-order valence-electron chi connectivity index (χ4n) is 3.80. The van der Waals surface area contributed by atoms with Crippen LogP contribution >= 0.6 is 0 Å². The van der Waals surface area contributed by atoms with Gasteiger partial charge < -0.3 is 5.73 Å². The summed E-state index contributed by atoms with van der Waals surface area (Å²) in [7, 11) is 0. The van der Waals surface area contributed by atoms with Crippen LogP contribution in [0.25, 0.3) is 22.5 Å². The van der Waals surface area contributed by atoms with Crippen molar-refractivity contribution < 1.29 is 0 Å². The Hall–Kier alpha value is -3.39. The van der Waals surface area contributed by atoms with Gasteiger partial charge in [-0.05, 0) is 33.5 Å². The van der Waals surface area contributed by atoms with Gasteiger partial charge in [0.25, 0.3) is 0 Å². The maximum absolute atomic E-state index is 6.31. The average Bonchev–Trinajstić information content (AvgIpc) is 3.45. The molecule has 3 N–H and O–H groups in total. The molecule has 0 amide bonds. The molecule has 0 fully saturated rings. The van der Waals surface area contributed by atoms with E-state index in [1.807, 2.05) is 22.9 Å². The number of H-pyrrole nitrogens is 1. The lowest BCUT2D eigenvalue weighted by Crippen LogP contribution is -2.20. The Morgan fingerprint density at radius 1 is 1.03 bits per heavy atom. The second kappa shape index (κ2) is 9.00. The molecule has 4 rings (SSSR count). The number of aromatic nitrogens is 7. The van der Waals surface area contributed by atoms with Crippen molar-refractivity contribution in [2.45, 2.75) is 58.5 Å². The SMILES string of the molecule is CCCC(N)c1nc(C(C)(C)C)n(Cc2ccc(-c3ccccc3-c3nnn[nH]3)cc2)n1. The van der Waals surface area contributed by atoms with E-state index < -0.39 is 0 Å². The molecule has 0 aliphatic carbocycles. The van der Waals surface area contributed by atoms with Crippen molar-refractivity contribution in [3.63, 3.8) is 0 Å². The van der Waals surface area contributed by atoms with Gasteiger partial charge in [-0.15, -0.1) is 5.10 Å². The fourth-order valence-corrected chi connectivity index (χ4v) is 3.80. The van der Waals surface area contributed by atoms with Crippen molar-refractivity contribution in [1.29, 1.82) is 0 Å². The van der Waals surface area contributed by atoms with Crippen molar-refractivity contribution in [1.82, 2.24) is 35.4 Å². The number of nitrogens with one attached hydrogen (secondary N) is 1. The van der Waals surface area contributed by atoms with Crippen molar-refractivity contribution in [3.8, 4) is 22.5 Å². The van der Waals surface area contributed by atoms with E-state index in [9.17, 15) is 0 Å². The van der Waals surface area contributed by atoms with Gasteiger partial charge in [-0.1, -0.05) is 82.6 Å². The molecule has 0 bridgehead atoms. The zero-order valence-electron chi connectivity index (χ0n) is 19.1. The highest BCUT2D eigenvalue weighted by Gasteiger charge is 2.25. The Bertz CT molecular complexity index is 1150. The number of hydrogen-bond donors (Lipinski definition) is 2. The molecule has 0 aliphatic rings. The maximum atomic E-state index is 6.31. The van der Waals surface area contributed by atoms with E-state index in [-0.39, 0.29) is 11.5 Å². The Kier molecular flexibility index (Phi) is 6.14. The van der Waals surface area contributed by atoms with Crippen LogP contribution in [0.3, 0.4) is 0 Å². The molecule has 8 nitrogen and oxygen atoms in total. The van der Waals surface area contributed by atoms with E-state index in [0.29, 0.717) is 12.4 Å². The summed E-state index contributed by atoms with van der Waals surface area (Å²) in [6.07, 6.45) is 1.88. The lowest BCUT2D eigenvalue weighted by atomic mass is 9.95. The monoisotopic (exact) mass is 430 g/mol. The molecule has 4 aromatic rings. The Labute approximate surface area is 188 Å². The number of hydrogen-bond acceptors (Lipinski definition) is 6. The van der Waals surface area contributed by atoms with Gasteiger partial charge in [0.1, 0.15) is 5.82 Å². The summed E-state index contributed by atoms with van der Waals surface area (Å²) in [6, 6.07) is 16.4. The number of rotatable bonds is 7. The van der Waals surface area contributed by atoms with Crippen LogP contribution in [-0.4, -0.2) is 35.4 Å². The fraction of sp³-hybridized carbons (Fsp3) is 0.375. The molecule has 0 saturated heterocycles. The molecule has 2 aromatic carbocycles. The first-order valence-corrected chi connectivity index (χ1v) is 11.0. The van der Waals surface area contributed by atoms with E-state index >= 15 is 0 Å². The molecule has 166 valence electrons. The van der Waals surface area contributed by atoms with Gasteiger partial charge in [0.2, 0.25) is 0 Å². The van der Waals surface area contributed by atoms with Crippen LogP contribution in [0.2, 0.25) is 0 Å². The first kappa shape index (κ1) is 21.8. The third-order valence-corrected chi connectivity index (χ3v) is 5.42. The third kappa shape index (κ3) is 4.60. The van der Waals surface area contributed by atoms with Crippen LogP contribution in [0.5, 0.6) is 0 Å². The molecule has 2 heterocycles. The molecular formula is C24H30N8.